The van der Waals surface area contributed by atoms with Crippen molar-refractivity contribution in [2.45, 2.75) is 45.4 Å². The quantitative estimate of drug-likeness (QED) is 0.695. The van der Waals surface area contributed by atoms with E-state index in [0.29, 0.717) is 12.6 Å². The van der Waals surface area contributed by atoms with Crippen molar-refractivity contribution in [3.05, 3.63) is 64.1 Å². The van der Waals surface area contributed by atoms with Crippen LogP contribution in [0, 0.1) is 0 Å². The highest BCUT2D eigenvalue weighted by Crippen LogP contribution is 2.27. The molecule has 2 aromatic rings. The van der Waals surface area contributed by atoms with E-state index in [-0.39, 0.29) is 0 Å². The van der Waals surface area contributed by atoms with Gasteiger partial charge in [0.2, 0.25) is 0 Å². The highest BCUT2D eigenvalue weighted by atomic mass is 79.9. The Morgan fingerprint density at radius 2 is 1.96 bits per heavy atom. The molecule has 0 amide bonds. The van der Waals surface area contributed by atoms with E-state index in [9.17, 15) is 0 Å². The van der Waals surface area contributed by atoms with E-state index in [4.69, 9.17) is 4.74 Å². The van der Waals surface area contributed by atoms with Crippen molar-refractivity contribution < 1.29 is 4.74 Å². The number of ether oxygens (including phenoxy) is 1. The first kappa shape index (κ1) is 16.5. The highest BCUT2D eigenvalue weighted by Gasteiger charge is 2.19. The molecule has 0 aromatic heterocycles. The van der Waals surface area contributed by atoms with Crippen molar-refractivity contribution in [2.75, 3.05) is 6.54 Å². The molecular weight excluding hydrogens is 350 g/mol. The molecule has 3 rings (SSSR count). The second kappa shape index (κ2) is 7.98. The molecule has 23 heavy (non-hydrogen) atoms. The minimum absolute atomic E-state index is 0.607. The monoisotopic (exact) mass is 373 g/mol. The largest absolute Gasteiger partial charge is 0.489 e. The van der Waals surface area contributed by atoms with Gasteiger partial charge in [0.15, 0.2) is 0 Å². The predicted octanol–water partition coefficient (Wildman–Crippen LogP) is 5.40. The summed E-state index contributed by atoms with van der Waals surface area (Å²) in [5.74, 6) is 0.913. The standard InChI is InChI=1S/C20H24BrNO/c1-16-7-5-6-12-22(16)14-18-10-11-19(13-20(18)21)23-15-17-8-3-2-4-9-17/h2-4,8-11,13,16H,5-7,12,14-15H2,1H3. The Bertz CT molecular complexity index is 629. The van der Waals surface area contributed by atoms with Crippen molar-refractivity contribution >= 4 is 15.9 Å². The van der Waals surface area contributed by atoms with Gasteiger partial charge in [-0.3, -0.25) is 4.90 Å². The number of likely N-dealkylation sites (tertiary alicyclic amines) is 1. The Hall–Kier alpha value is -1.32. The lowest BCUT2D eigenvalue weighted by Crippen LogP contribution is -2.36. The first-order valence-corrected chi connectivity index (χ1v) is 9.21. The number of hydrogen-bond acceptors (Lipinski definition) is 2. The maximum absolute atomic E-state index is 5.90. The van der Waals surface area contributed by atoms with Crippen LogP contribution in [0.4, 0.5) is 0 Å². The van der Waals surface area contributed by atoms with Crippen molar-refractivity contribution in [1.29, 1.82) is 0 Å². The first-order valence-electron chi connectivity index (χ1n) is 8.41. The van der Waals surface area contributed by atoms with E-state index < -0.39 is 0 Å². The second-order valence-corrected chi connectivity index (χ2v) is 7.20. The Morgan fingerprint density at radius 1 is 1.13 bits per heavy atom. The van der Waals surface area contributed by atoms with Crippen molar-refractivity contribution in [3.8, 4) is 5.75 Å². The molecule has 0 N–H and O–H groups in total. The fraction of sp³-hybridized carbons (Fsp3) is 0.400. The van der Waals surface area contributed by atoms with Gasteiger partial charge in [-0.25, -0.2) is 0 Å². The van der Waals surface area contributed by atoms with Crippen molar-refractivity contribution in [1.82, 2.24) is 4.90 Å². The normalized spacial score (nSPS) is 18.8. The van der Waals surface area contributed by atoms with Gasteiger partial charge in [-0.1, -0.05) is 58.7 Å². The molecule has 1 aliphatic rings. The zero-order chi connectivity index (χ0) is 16.1. The average Bonchev–Trinajstić information content (AvgIpc) is 2.58. The molecular formula is C20H24BrNO. The number of benzene rings is 2. The topological polar surface area (TPSA) is 12.5 Å². The molecule has 1 aliphatic heterocycles. The number of hydrogen-bond donors (Lipinski definition) is 0. The summed E-state index contributed by atoms with van der Waals surface area (Å²) in [6, 6.07) is 17.3. The molecule has 1 unspecified atom stereocenters. The molecule has 0 aliphatic carbocycles. The Balaban J connectivity index is 1.61. The predicted molar refractivity (Wildman–Crippen MR) is 98.6 cm³/mol. The molecule has 0 saturated carbocycles. The van der Waals surface area contributed by atoms with Gasteiger partial charge in [0.1, 0.15) is 12.4 Å². The van der Waals surface area contributed by atoms with Crippen LogP contribution < -0.4 is 4.74 Å². The van der Waals surface area contributed by atoms with Gasteiger partial charge in [-0.05, 0) is 49.6 Å². The van der Waals surface area contributed by atoms with Crippen LogP contribution in [-0.4, -0.2) is 17.5 Å². The van der Waals surface area contributed by atoms with Crippen LogP contribution in [0.25, 0.3) is 0 Å². The summed E-state index contributed by atoms with van der Waals surface area (Å²) in [5.41, 5.74) is 2.53. The molecule has 122 valence electrons. The summed E-state index contributed by atoms with van der Waals surface area (Å²) < 4.78 is 7.04. The third kappa shape index (κ3) is 4.58. The molecule has 1 saturated heterocycles. The lowest BCUT2D eigenvalue weighted by atomic mass is 10.0. The van der Waals surface area contributed by atoms with E-state index in [2.05, 4.69) is 58.1 Å². The molecule has 0 radical (unpaired) electrons. The van der Waals surface area contributed by atoms with Crippen LogP contribution in [-0.2, 0) is 13.2 Å². The van der Waals surface area contributed by atoms with Gasteiger partial charge in [0, 0.05) is 17.1 Å². The Morgan fingerprint density at radius 3 is 2.70 bits per heavy atom. The second-order valence-electron chi connectivity index (χ2n) is 6.34. The van der Waals surface area contributed by atoms with Gasteiger partial charge >= 0.3 is 0 Å². The number of rotatable bonds is 5. The van der Waals surface area contributed by atoms with Gasteiger partial charge in [-0.2, -0.15) is 0 Å². The summed E-state index contributed by atoms with van der Waals surface area (Å²) in [6.07, 6.45) is 4.00. The third-order valence-electron chi connectivity index (χ3n) is 4.59. The summed E-state index contributed by atoms with van der Waals surface area (Å²) in [7, 11) is 0. The van der Waals surface area contributed by atoms with E-state index >= 15 is 0 Å². The maximum Gasteiger partial charge on any atom is 0.120 e. The minimum Gasteiger partial charge on any atom is -0.489 e. The molecule has 2 aromatic carbocycles. The lowest BCUT2D eigenvalue weighted by Gasteiger charge is -2.33. The zero-order valence-electron chi connectivity index (χ0n) is 13.7. The van der Waals surface area contributed by atoms with Crippen LogP contribution in [0.2, 0.25) is 0 Å². The summed E-state index contributed by atoms with van der Waals surface area (Å²) in [5, 5.41) is 0. The molecule has 0 spiro atoms. The smallest absolute Gasteiger partial charge is 0.120 e. The summed E-state index contributed by atoms with van der Waals surface area (Å²) in [4.78, 5) is 2.58. The van der Waals surface area contributed by atoms with Crippen molar-refractivity contribution in [3.63, 3.8) is 0 Å². The molecule has 1 atom stereocenters. The lowest BCUT2D eigenvalue weighted by molar-refractivity contribution is 0.152. The first-order chi connectivity index (χ1) is 11.2. The Kier molecular flexibility index (Phi) is 5.74. The van der Waals surface area contributed by atoms with Gasteiger partial charge in [0.05, 0.1) is 0 Å². The van der Waals surface area contributed by atoms with E-state index in [1.165, 1.54) is 36.9 Å². The maximum atomic E-state index is 5.90. The summed E-state index contributed by atoms with van der Waals surface area (Å²) in [6.45, 7) is 5.17. The molecule has 1 heterocycles. The zero-order valence-corrected chi connectivity index (χ0v) is 15.3. The summed E-state index contributed by atoms with van der Waals surface area (Å²) >= 11 is 3.71. The molecule has 0 bridgehead atoms. The fourth-order valence-electron chi connectivity index (χ4n) is 3.10. The van der Waals surface area contributed by atoms with Gasteiger partial charge in [-0.15, -0.1) is 0 Å². The third-order valence-corrected chi connectivity index (χ3v) is 5.33. The van der Waals surface area contributed by atoms with Crippen molar-refractivity contribution in [2.24, 2.45) is 0 Å². The highest BCUT2D eigenvalue weighted by molar-refractivity contribution is 9.10. The van der Waals surface area contributed by atoms with Crippen LogP contribution in [0.1, 0.15) is 37.3 Å². The molecule has 2 nitrogen and oxygen atoms in total. The van der Waals surface area contributed by atoms with E-state index in [1.807, 2.05) is 18.2 Å². The van der Waals surface area contributed by atoms with E-state index in [1.54, 1.807) is 0 Å². The van der Waals surface area contributed by atoms with Gasteiger partial charge < -0.3 is 4.74 Å². The van der Waals surface area contributed by atoms with E-state index in [0.717, 1.165) is 16.8 Å². The van der Waals surface area contributed by atoms with Crippen LogP contribution in [0.15, 0.2) is 53.0 Å². The molecule has 3 heteroatoms. The molecule has 1 fully saturated rings. The number of piperidine rings is 1. The van der Waals surface area contributed by atoms with Crippen LogP contribution in [0.5, 0.6) is 5.75 Å². The number of nitrogens with zero attached hydrogens (tertiary/aromatic N) is 1. The van der Waals surface area contributed by atoms with Crippen LogP contribution >= 0.6 is 15.9 Å². The number of halogens is 1. The minimum atomic E-state index is 0.607. The average molecular weight is 374 g/mol. The van der Waals surface area contributed by atoms with Crippen LogP contribution in [0.3, 0.4) is 0 Å². The Labute approximate surface area is 147 Å². The van der Waals surface area contributed by atoms with Gasteiger partial charge in [0.25, 0.3) is 0 Å². The fourth-order valence-corrected chi connectivity index (χ4v) is 3.58. The SMILES string of the molecule is CC1CCCCN1Cc1ccc(OCc2ccccc2)cc1Br.